The first-order valence-corrected chi connectivity index (χ1v) is 7.10. The first-order valence-electron chi connectivity index (χ1n) is 7.10. The van der Waals surface area contributed by atoms with Gasteiger partial charge in [0.1, 0.15) is 0 Å². The summed E-state index contributed by atoms with van der Waals surface area (Å²) in [6, 6.07) is 4.02. The minimum absolute atomic E-state index is 0.223. The summed E-state index contributed by atoms with van der Waals surface area (Å²) >= 11 is 0. The molecule has 0 bridgehead atoms. The molecule has 106 valence electrons. The molecule has 2 aromatic heterocycles. The lowest BCUT2D eigenvalue weighted by Gasteiger charge is -2.32. The van der Waals surface area contributed by atoms with Gasteiger partial charge in [-0.25, -0.2) is 0 Å². The Morgan fingerprint density at radius 1 is 1.50 bits per heavy atom. The van der Waals surface area contributed by atoms with E-state index in [0.717, 1.165) is 37.2 Å². The van der Waals surface area contributed by atoms with Crippen molar-refractivity contribution in [2.24, 2.45) is 7.05 Å². The zero-order valence-electron chi connectivity index (χ0n) is 11.7. The van der Waals surface area contributed by atoms with Gasteiger partial charge in [-0.05, 0) is 30.5 Å². The number of aromatic amines is 1. The number of piperidine rings is 1. The first-order chi connectivity index (χ1) is 9.72. The van der Waals surface area contributed by atoms with Gasteiger partial charge in [0, 0.05) is 50.3 Å². The molecule has 1 unspecified atom stereocenters. The summed E-state index contributed by atoms with van der Waals surface area (Å²) in [7, 11) is 1.98. The smallest absolute Gasteiger partial charge is 0.227 e. The Balaban J connectivity index is 1.63. The van der Waals surface area contributed by atoms with E-state index in [1.807, 2.05) is 41.0 Å². The van der Waals surface area contributed by atoms with Gasteiger partial charge in [0.15, 0.2) is 0 Å². The second-order valence-electron chi connectivity index (χ2n) is 5.55. The molecule has 0 spiro atoms. The SMILES string of the molecule is Cn1ccc(CC(=O)N2CCCC(c3ccn[nH]3)C2)c1. The fourth-order valence-corrected chi connectivity index (χ4v) is 2.90. The van der Waals surface area contributed by atoms with Gasteiger partial charge in [-0.15, -0.1) is 0 Å². The lowest BCUT2D eigenvalue weighted by Crippen LogP contribution is -2.40. The van der Waals surface area contributed by atoms with E-state index in [0.29, 0.717) is 12.3 Å². The molecular weight excluding hydrogens is 252 g/mol. The van der Waals surface area contributed by atoms with E-state index >= 15 is 0 Å². The number of nitrogens with zero attached hydrogens (tertiary/aromatic N) is 3. The number of hydrogen-bond donors (Lipinski definition) is 1. The molecular formula is C15H20N4O. The minimum Gasteiger partial charge on any atom is -0.357 e. The van der Waals surface area contributed by atoms with Gasteiger partial charge in [-0.2, -0.15) is 5.10 Å². The number of amides is 1. The van der Waals surface area contributed by atoms with Gasteiger partial charge in [0.25, 0.3) is 0 Å². The van der Waals surface area contributed by atoms with E-state index in [4.69, 9.17) is 0 Å². The molecule has 3 rings (SSSR count). The fraction of sp³-hybridized carbons (Fsp3) is 0.467. The highest BCUT2D eigenvalue weighted by Gasteiger charge is 2.25. The van der Waals surface area contributed by atoms with Crippen molar-refractivity contribution in [1.29, 1.82) is 0 Å². The number of likely N-dealkylation sites (tertiary alicyclic amines) is 1. The predicted molar refractivity (Wildman–Crippen MR) is 76.3 cm³/mol. The number of carbonyl (C=O) groups is 1. The molecule has 20 heavy (non-hydrogen) atoms. The third-order valence-corrected chi connectivity index (χ3v) is 3.98. The van der Waals surface area contributed by atoms with Crippen LogP contribution in [-0.4, -0.2) is 38.7 Å². The van der Waals surface area contributed by atoms with Gasteiger partial charge >= 0.3 is 0 Å². The summed E-state index contributed by atoms with van der Waals surface area (Å²) in [6.45, 7) is 1.67. The molecule has 1 aliphatic heterocycles. The van der Waals surface area contributed by atoms with Crippen LogP contribution in [0.25, 0.3) is 0 Å². The van der Waals surface area contributed by atoms with Crippen LogP contribution in [-0.2, 0) is 18.3 Å². The summed E-state index contributed by atoms with van der Waals surface area (Å²) in [6.07, 6.45) is 8.44. The molecule has 1 N–H and O–H groups in total. The second kappa shape index (κ2) is 5.53. The standard InChI is InChI=1S/C15H20N4O/c1-18-8-5-12(10-18)9-15(20)19-7-2-3-13(11-19)14-4-6-16-17-14/h4-6,8,10,13H,2-3,7,9,11H2,1H3,(H,16,17). The summed E-state index contributed by atoms with van der Waals surface area (Å²) in [5.74, 6) is 0.617. The van der Waals surface area contributed by atoms with Crippen LogP contribution in [0.1, 0.15) is 30.0 Å². The normalized spacial score (nSPS) is 19.2. The molecule has 1 fully saturated rings. The van der Waals surface area contributed by atoms with Gasteiger partial charge < -0.3 is 9.47 Å². The lowest BCUT2D eigenvalue weighted by atomic mass is 9.94. The maximum absolute atomic E-state index is 12.4. The molecule has 2 aromatic rings. The maximum atomic E-state index is 12.4. The highest BCUT2D eigenvalue weighted by atomic mass is 16.2. The Kier molecular flexibility index (Phi) is 3.58. The third kappa shape index (κ3) is 2.76. The zero-order valence-corrected chi connectivity index (χ0v) is 11.7. The van der Waals surface area contributed by atoms with Crippen molar-refractivity contribution in [1.82, 2.24) is 19.7 Å². The van der Waals surface area contributed by atoms with E-state index in [1.54, 1.807) is 6.20 Å². The van der Waals surface area contributed by atoms with E-state index in [2.05, 4.69) is 10.2 Å². The summed E-state index contributed by atoms with van der Waals surface area (Å²) in [4.78, 5) is 14.4. The Morgan fingerprint density at radius 3 is 3.10 bits per heavy atom. The molecule has 1 aliphatic rings. The molecule has 0 saturated carbocycles. The quantitative estimate of drug-likeness (QED) is 0.924. The largest absolute Gasteiger partial charge is 0.357 e. The van der Waals surface area contributed by atoms with Gasteiger partial charge in [0.05, 0.1) is 6.42 Å². The first kappa shape index (κ1) is 13.0. The number of aromatic nitrogens is 3. The highest BCUT2D eigenvalue weighted by Crippen LogP contribution is 2.25. The molecule has 0 aliphatic carbocycles. The average molecular weight is 272 g/mol. The van der Waals surface area contributed by atoms with Gasteiger partial charge in [-0.1, -0.05) is 0 Å². The van der Waals surface area contributed by atoms with Crippen molar-refractivity contribution >= 4 is 5.91 Å². The molecule has 5 heteroatoms. The van der Waals surface area contributed by atoms with Crippen LogP contribution in [0.2, 0.25) is 0 Å². The number of rotatable bonds is 3. The van der Waals surface area contributed by atoms with Crippen LogP contribution in [0.15, 0.2) is 30.7 Å². The molecule has 5 nitrogen and oxygen atoms in total. The number of carbonyl (C=O) groups excluding carboxylic acids is 1. The minimum atomic E-state index is 0.223. The van der Waals surface area contributed by atoms with Crippen molar-refractivity contribution in [3.63, 3.8) is 0 Å². The predicted octanol–water partition coefficient (Wildman–Crippen LogP) is 1.70. The van der Waals surface area contributed by atoms with Crippen molar-refractivity contribution in [2.45, 2.75) is 25.2 Å². The lowest BCUT2D eigenvalue weighted by molar-refractivity contribution is -0.131. The van der Waals surface area contributed by atoms with Crippen LogP contribution < -0.4 is 0 Å². The van der Waals surface area contributed by atoms with Gasteiger partial charge in [0.2, 0.25) is 5.91 Å². The maximum Gasteiger partial charge on any atom is 0.227 e. The van der Waals surface area contributed by atoms with Crippen molar-refractivity contribution in [3.05, 3.63) is 42.0 Å². The van der Waals surface area contributed by atoms with Crippen molar-refractivity contribution in [2.75, 3.05) is 13.1 Å². The van der Waals surface area contributed by atoms with E-state index in [1.165, 1.54) is 0 Å². The van der Waals surface area contributed by atoms with Crippen LogP contribution in [0.3, 0.4) is 0 Å². The van der Waals surface area contributed by atoms with E-state index < -0.39 is 0 Å². The topological polar surface area (TPSA) is 53.9 Å². The van der Waals surface area contributed by atoms with Crippen LogP contribution in [0.4, 0.5) is 0 Å². The van der Waals surface area contributed by atoms with E-state index in [9.17, 15) is 4.79 Å². The van der Waals surface area contributed by atoms with Gasteiger partial charge in [-0.3, -0.25) is 9.89 Å². The molecule has 1 amide bonds. The summed E-state index contributed by atoms with van der Waals surface area (Å²) < 4.78 is 1.98. The van der Waals surface area contributed by atoms with E-state index in [-0.39, 0.29) is 5.91 Å². The molecule has 0 aromatic carbocycles. The number of nitrogens with one attached hydrogen (secondary N) is 1. The fourth-order valence-electron chi connectivity index (χ4n) is 2.90. The Morgan fingerprint density at radius 2 is 2.40 bits per heavy atom. The zero-order chi connectivity index (χ0) is 13.9. The average Bonchev–Trinajstić information content (AvgIpc) is 3.11. The highest BCUT2D eigenvalue weighted by molar-refractivity contribution is 5.78. The number of hydrogen-bond acceptors (Lipinski definition) is 2. The third-order valence-electron chi connectivity index (χ3n) is 3.98. The van der Waals surface area contributed by atoms with Crippen LogP contribution >= 0.6 is 0 Å². The van der Waals surface area contributed by atoms with Crippen molar-refractivity contribution in [3.8, 4) is 0 Å². The molecule has 3 heterocycles. The summed E-state index contributed by atoms with van der Waals surface area (Å²) in [5.41, 5.74) is 2.23. The Bertz CT molecular complexity index is 572. The number of H-pyrrole nitrogens is 1. The van der Waals surface area contributed by atoms with Crippen LogP contribution in [0.5, 0.6) is 0 Å². The molecule has 0 radical (unpaired) electrons. The Labute approximate surface area is 118 Å². The number of aryl methyl sites for hydroxylation is 1. The monoisotopic (exact) mass is 272 g/mol. The molecule has 1 saturated heterocycles. The van der Waals surface area contributed by atoms with Crippen molar-refractivity contribution < 1.29 is 4.79 Å². The Hall–Kier alpha value is -2.04. The molecule has 1 atom stereocenters. The summed E-state index contributed by atoms with van der Waals surface area (Å²) in [5, 5.41) is 7.03. The van der Waals surface area contributed by atoms with Crippen LogP contribution in [0, 0.1) is 0 Å². The second-order valence-corrected chi connectivity index (χ2v) is 5.55.